The third-order valence-electron chi connectivity index (χ3n) is 2.91. The molecular formula is C17H16N2O3. The standard InChI is InChI=1S/C17H16N2O3/c1-22-17(21)13-6-8-15(9-7-13)19-16(20)10-5-12-3-2-4-14(18)11-12/h2-11H,18H2,1H3,(H,19,20)/b10-5+. The summed E-state index contributed by atoms with van der Waals surface area (Å²) in [6, 6.07) is 13.7. The van der Waals surface area contributed by atoms with Gasteiger partial charge in [-0.3, -0.25) is 4.79 Å². The Morgan fingerprint density at radius 3 is 2.50 bits per heavy atom. The van der Waals surface area contributed by atoms with Crippen LogP contribution in [-0.4, -0.2) is 19.0 Å². The largest absolute Gasteiger partial charge is 0.465 e. The van der Waals surface area contributed by atoms with E-state index in [-0.39, 0.29) is 5.91 Å². The van der Waals surface area contributed by atoms with Gasteiger partial charge in [0.15, 0.2) is 0 Å². The van der Waals surface area contributed by atoms with Crippen LogP contribution in [0, 0.1) is 0 Å². The zero-order valence-corrected chi connectivity index (χ0v) is 12.1. The van der Waals surface area contributed by atoms with E-state index in [0.717, 1.165) is 5.56 Å². The fourth-order valence-corrected chi connectivity index (χ4v) is 1.83. The first-order chi connectivity index (χ1) is 10.6. The average Bonchev–Trinajstić information content (AvgIpc) is 2.53. The van der Waals surface area contributed by atoms with Crippen LogP contribution in [0.3, 0.4) is 0 Å². The summed E-state index contributed by atoms with van der Waals surface area (Å²) in [5, 5.41) is 2.70. The molecule has 0 saturated carbocycles. The second-order valence-corrected chi connectivity index (χ2v) is 4.56. The van der Waals surface area contributed by atoms with Crippen LogP contribution in [0.2, 0.25) is 0 Å². The molecule has 2 rings (SSSR count). The van der Waals surface area contributed by atoms with Gasteiger partial charge in [0, 0.05) is 17.5 Å². The maximum absolute atomic E-state index is 11.8. The molecule has 0 aliphatic carbocycles. The molecule has 0 spiro atoms. The molecule has 0 aliphatic rings. The molecule has 0 aromatic heterocycles. The number of carbonyl (C=O) groups excluding carboxylic acids is 2. The number of nitrogen functional groups attached to an aromatic ring is 1. The summed E-state index contributed by atoms with van der Waals surface area (Å²) in [5.74, 6) is -0.687. The third-order valence-corrected chi connectivity index (χ3v) is 2.91. The molecule has 0 aliphatic heterocycles. The third kappa shape index (κ3) is 4.21. The maximum Gasteiger partial charge on any atom is 0.337 e. The number of carbonyl (C=O) groups is 2. The highest BCUT2D eigenvalue weighted by Crippen LogP contribution is 2.11. The Morgan fingerprint density at radius 2 is 1.86 bits per heavy atom. The predicted molar refractivity (Wildman–Crippen MR) is 86.3 cm³/mol. The molecule has 112 valence electrons. The number of amides is 1. The first kappa shape index (κ1) is 15.3. The molecule has 0 fully saturated rings. The van der Waals surface area contributed by atoms with Crippen LogP contribution >= 0.6 is 0 Å². The van der Waals surface area contributed by atoms with Gasteiger partial charge >= 0.3 is 5.97 Å². The Hall–Kier alpha value is -3.08. The van der Waals surface area contributed by atoms with Gasteiger partial charge < -0.3 is 15.8 Å². The minimum Gasteiger partial charge on any atom is -0.465 e. The molecule has 0 radical (unpaired) electrons. The van der Waals surface area contributed by atoms with E-state index in [1.807, 2.05) is 12.1 Å². The molecule has 2 aromatic rings. The van der Waals surface area contributed by atoms with Gasteiger partial charge in [0.2, 0.25) is 5.91 Å². The second-order valence-electron chi connectivity index (χ2n) is 4.56. The molecule has 2 aromatic carbocycles. The number of ether oxygens (including phenoxy) is 1. The summed E-state index contributed by atoms with van der Waals surface area (Å²) in [6.45, 7) is 0. The Bertz CT molecular complexity index is 706. The zero-order chi connectivity index (χ0) is 15.9. The van der Waals surface area contributed by atoms with Gasteiger partial charge in [-0.25, -0.2) is 4.79 Å². The van der Waals surface area contributed by atoms with Gasteiger partial charge in [-0.05, 0) is 48.0 Å². The molecule has 0 saturated heterocycles. The molecule has 3 N–H and O–H groups in total. The van der Waals surface area contributed by atoms with Crippen molar-refractivity contribution in [2.24, 2.45) is 0 Å². The number of anilines is 2. The monoisotopic (exact) mass is 296 g/mol. The highest BCUT2D eigenvalue weighted by Gasteiger charge is 2.05. The van der Waals surface area contributed by atoms with E-state index in [4.69, 9.17) is 5.73 Å². The quantitative estimate of drug-likeness (QED) is 0.516. The summed E-state index contributed by atoms with van der Waals surface area (Å²) in [4.78, 5) is 23.1. The number of nitrogens with two attached hydrogens (primary N) is 1. The zero-order valence-electron chi connectivity index (χ0n) is 12.1. The van der Waals surface area contributed by atoms with Gasteiger partial charge in [0.1, 0.15) is 0 Å². The Labute approximate surface area is 128 Å². The lowest BCUT2D eigenvalue weighted by Crippen LogP contribution is -2.08. The van der Waals surface area contributed by atoms with Crippen molar-refractivity contribution in [1.29, 1.82) is 0 Å². The molecular weight excluding hydrogens is 280 g/mol. The summed E-state index contributed by atoms with van der Waals surface area (Å²) in [7, 11) is 1.32. The minimum atomic E-state index is -0.417. The predicted octanol–water partition coefficient (Wildman–Crippen LogP) is 2.71. The lowest BCUT2D eigenvalue weighted by atomic mass is 10.2. The van der Waals surface area contributed by atoms with E-state index in [1.165, 1.54) is 13.2 Å². The van der Waals surface area contributed by atoms with Crippen molar-refractivity contribution in [3.63, 3.8) is 0 Å². The SMILES string of the molecule is COC(=O)c1ccc(NC(=O)/C=C/c2cccc(N)c2)cc1. The lowest BCUT2D eigenvalue weighted by Gasteiger charge is -2.03. The van der Waals surface area contributed by atoms with Crippen molar-refractivity contribution in [3.05, 3.63) is 65.7 Å². The minimum absolute atomic E-state index is 0.270. The van der Waals surface area contributed by atoms with Crippen molar-refractivity contribution in [1.82, 2.24) is 0 Å². The normalized spacial score (nSPS) is 10.4. The number of rotatable bonds is 4. The fraction of sp³-hybridized carbons (Fsp3) is 0.0588. The van der Waals surface area contributed by atoms with E-state index in [2.05, 4.69) is 10.1 Å². The molecule has 0 unspecified atom stereocenters. The number of methoxy groups -OCH3 is 1. The van der Waals surface area contributed by atoms with Gasteiger partial charge in [-0.2, -0.15) is 0 Å². The highest BCUT2D eigenvalue weighted by atomic mass is 16.5. The van der Waals surface area contributed by atoms with Crippen LogP contribution in [0.15, 0.2) is 54.6 Å². The van der Waals surface area contributed by atoms with E-state index in [9.17, 15) is 9.59 Å². The smallest absolute Gasteiger partial charge is 0.337 e. The molecule has 0 bridgehead atoms. The van der Waals surface area contributed by atoms with Gasteiger partial charge in [-0.15, -0.1) is 0 Å². The molecule has 1 amide bonds. The van der Waals surface area contributed by atoms with Crippen LogP contribution in [0.5, 0.6) is 0 Å². The number of benzene rings is 2. The lowest BCUT2D eigenvalue weighted by molar-refractivity contribution is -0.111. The van der Waals surface area contributed by atoms with Crippen molar-refractivity contribution in [2.75, 3.05) is 18.2 Å². The van der Waals surface area contributed by atoms with Crippen molar-refractivity contribution < 1.29 is 14.3 Å². The first-order valence-corrected chi connectivity index (χ1v) is 6.61. The van der Waals surface area contributed by atoms with Crippen LogP contribution in [0.1, 0.15) is 15.9 Å². The van der Waals surface area contributed by atoms with E-state index < -0.39 is 5.97 Å². The fourth-order valence-electron chi connectivity index (χ4n) is 1.83. The molecule has 0 atom stereocenters. The summed E-state index contributed by atoms with van der Waals surface area (Å²) in [6.07, 6.45) is 3.09. The van der Waals surface area contributed by atoms with E-state index in [1.54, 1.807) is 42.5 Å². The number of hydrogen-bond donors (Lipinski definition) is 2. The van der Waals surface area contributed by atoms with Crippen LogP contribution in [0.4, 0.5) is 11.4 Å². The molecule has 5 heteroatoms. The van der Waals surface area contributed by atoms with Gasteiger partial charge in [0.05, 0.1) is 12.7 Å². The summed E-state index contributed by atoms with van der Waals surface area (Å²) < 4.78 is 4.61. The van der Waals surface area contributed by atoms with Crippen molar-refractivity contribution in [2.45, 2.75) is 0 Å². The maximum atomic E-state index is 11.8. The Kier molecular flexibility index (Phi) is 4.93. The topological polar surface area (TPSA) is 81.4 Å². The Morgan fingerprint density at radius 1 is 1.14 bits per heavy atom. The second kappa shape index (κ2) is 7.08. The summed E-state index contributed by atoms with van der Waals surface area (Å²) in [5.41, 5.74) is 8.17. The van der Waals surface area contributed by atoms with Crippen LogP contribution < -0.4 is 11.1 Å². The molecule has 5 nitrogen and oxygen atoms in total. The average molecular weight is 296 g/mol. The van der Waals surface area contributed by atoms with Crippen molar-refractivity contribution >= 4 is 29.3 Å². The first-order valence-electron chi connectivity index (χ1n) is 6.61. The van der Waals surface area contributed by atoms with Gasteiger partial charge in [-0.1, -0.05) is 12.1 Å². The number of nitrogens with one attached hydrogen (secondary N) is 1. The molecule has 0 heterocycles. The Balaban J connectivity index is 1.98. The van der Waals surface area contributed by atoms with E-state index in [0.29, 0.717) is 16.9 Å². The highest BCUT2D eigenvalue weighted by molar-refractivity contribution is 6.02. The van der Waals surface area contributed by atoms with E-state index >= 15 is 0 Å². The number of hydrogen-bond acceptors (Lipinski definition) is 4. The summed E-state index contributed by atoms with van der Waals surface area (Å²) >= 11 is 0. The van der Waals surface area contributed by atoms with Gasteiger partial charge in [0.25, 0.3) is 0 Å². The number of esters is 1. The van der Waals surface area contributed by atoms with Crippen molar-refractivity contribution in [3.8, 4) is 0 Å². The molecule has 22 heavy (non-hydrogen) atoms. The van der Waals surface area contributed by atoms with Crippen LogP contribution in [0.25, 0.3) is 6.08 Å². The van der Waals surface area contributed by atoms with Crippen LogP contribution in [-0.2, 0) is 9.53 Å².